The molecule has 0 atom stereocenters. The van der Waals surface area contributed by atoms with E-state index in [1.807, 2.05) is 37.4 Å². The van der Waals surface area contributed by atoms with Gasteiger partial charge in [0.1, 0.15) is 5.65 Å². The molecule has 0 fully saturated rings. The van der Waals surface area contributed by atoms with E-state index in [0.717, 1.165) is 65.6 Å². The van der Waals surface area contributed by atoms with Crippen molar-refractivity contribution in [3.05, 3.63) is 152 Å². The van der Waals surface area contributed by atoms with Gasteiger partial charge in [0.2, 0.25) is 0 Å². The summed E-state index contributed by atoms with van der Waals surface area (Å²) in [5.74, 6) is 1.07. The molecule has 0 saturated carbocycles. The van der Waals surface area contributed by atoms with Crippen LogP contribution in [0.5, 0.6) is 0 Å². The van der Waals surface area contributed by atoms with Gasteiger partial charge in [-0.15, -0.1) is 59.4 Å². The van der Waals surface area contributed by atoms with E-state index in [9.17, 15) is 0 Å². The van der Waals surface area contributed by atoms with Crippen molar-refractivity contribution in [2.24, 2.45) is 0 Å². The van der Waals surface area contributed by atoms with Crippen LogP contribution in [0.2, 0.25) is 0 Å². The van der Waals surface area contributed by atoms with Crippen LogP contribution in [0.15, 0.2) is 97.9 Å². The van der Waals surface area contributed by atoms with Gasteiger partial charge in [-0.1, -0.05) is 39.5 Å². The number of unbranched alkanes of at least 4 members (excludes halogenated alkanes) is 1. The summed E-state index contributed by atoms with van der Waals surface area (Å²) in [5, 5.41) is 0. The number of rotatable bonds is 10. The fraction of sp³-hybridized carbons (Fsp3) is 0.286. The maximum Gasteiger partial charge on any atom is 0.120 e. The third-order valence-corrected chi connectivity index (χ3v) is 8.98. The van der Waals surface area contributed by atoms with Gasteiger partial charge in [0, 0.05) is 43.9 Å². The van der Waals surface area contributed by atoms with Gasteiger partial charge in [0.05, 0.1) is 5.69 Å². The van der Waals surface area contributed by atoms with Crippen molar-refractivity contribution < 1.29 is 20.1 Å². The second-order valence-corrected chi connectivity index (χ2v) is 13.2. The van der Waals surface area contributed by atoms with Crippen LogP contribution in [0.25, 0.3) is 16.9 Å². The van der Waals surface area contributed by atoms with Gasteiger partial charge in [0.25, 0.3) is 0 Å². The van der Waals surface area contributed by atoms with E-state index in [0.29, 0.717) is 11.8 Å². The summed E-state index contributed by atoms with van der Waals surface area (Å²) in [5.41, 5.74) is 9.76. The smallest absolute Gasteiger partial charge is 0.120 e. The number of hydrogen-bond acceptors (Lipinski definition) is 6. The Morgan fingerprint density at radius 2 is 1.30 bits per heavy atom. The third-order valence-electron chi connectivity index (χ3n) is 8.98. The van der Waals surface area contributed by atoms with E-state index in [1.165, 1.54) is 11.1 Å². The van der Waals surface area contributed by atoms with Crippen LogP contribution in [0, 0.1) is 45.4 Å². The predicted octanol–water partition coefficient (Wildman–Crippen LogP) is 9.25. The summed E-state index contributed by atoms with van der Waals surface area (Å²) >= 11 is 0. The molecule has 50 heavy (non-hydrogen) atoms. The van der Waals surface area contributed by atoms with E-state index in [-0.39, 0.29) is 20.1 Å². The molecule has 0 bridgehead atoms. The SMILES string of the molecule is CC(C)c1c[c-]c(N2C=CN(CCCCN3C=CN(c4[c-]cc(C(C)C)cc4)[CH-]3)[CH-]2)cc1.Cc1nc2c(-c3[c-]cccc3)nccn2c1C.[Ir]. The van der Waals surface area contributed by atoms with Gasteiger partial charge < -0.3 is 24.0 Å². The van der Waals surface area contributed by atoms with Crippen molar-refractivity contribution in [3.63, 3.8) is 0 Å². The molecular formula is C42H46IrN7-5. The van der Waals surface area contributed by atoms with Gasteiger partial charge in [-0.25, -0.2) is 4.98 Å². The summed E-state index contributed by atoms with van der Waals surface area (Å²) in [7, 11) is 0. The maximum absolute atomic E-state index is 4.57. The molecule has 7 rings (SSSR count). The molecule has 4 heterocycles. The number of fused-ring (bicyclic) bond motifs is 1. The van der Waals surface area contributed by atoms with E-state index in [1.54, 1.807) is 6.20 Å². The molecule has 2 aliphatic heterocycles. The molecule has 7 nitrogen and oxygen atoms in total. The first kappa shape index (κ1) is 36.9. The van der Waals surface area contributed by atoms with Crippen LogP contribution in [-0.4, -0.2) is 37.3 Å². The summed E-state index contributed by atoms with van der Waals surface area (Å²) < 4.78 is 2.07. The Morgan fingerprint density at radius 1 is 0.720 bits per heavy atom. The van der Waals surface area contributed by atoms with Crippen molar-refractivity contribution in [2.45, 2.75) is 66.2 Å². The summed E-state index contributed by atoms with van der Waals surface area (Å²) in [4.78, 5) is 17.8. The second kappa shape index (κ2) is 17.0. The summed E-state index contributed by atoms with van der Waals surface area (Å²) in [6.07, 6.45) is 14.5. The summed E-state index contributed by atoms with van der Waals surface area (Å²) in [6, 6.07) is 30.7. The summed E-state index contributed by atoms with van der Waals surface area (Å²) in [6.45, 7) is 19.3. The van der Waals surface area contributed by atoms with Crippen LogP contribution in [-0.2, 0) is 20.1 Å². The number of imidazole rings is 1. The first-order valence-corrected chi connectivity index (χ1v) is 17.2. The zero-order valence-corrected chi connectivity index (χ0v) is 32.2. The van der Waals surface area contributed by atoms with Gasteiger partial charge in [-0.3, -0.25) is 4.98 Å². The largest absolute Gasteiger partial charge is 0.508 e. The van der Waals surface area contributed by atoms with E-state index < -0.39 is 0 Å². The monoisotopic (exact) mass is 841 g/mol. The Kier molecular flexibility index (Phi) is 12.6. The van der Waals surface area contributed by atoms with Gasteiger partial charge in [0.15, 0.2) is 0 Å². The van der Waals surface area contributed by atoms with Gasteiger partial charge in [-0.2, -0.15) is 60.9 Å². The first-order valence-electron chi connectivity index (χ1n) is 17.2. The van der Waals surface area contributed by atoms with Crippen molar-refractivity contribution >= 4 is 17.0 Å². The molecule has 1 radical (unpaired) electrons. The Balaban J connectivity index is 0.000000227. The normalized spacial score (nSPS) is 13.8. The van der Waals surface area contributed by atoms with Crippen LogP contribution in [0.4, 0.5) is 11.4 Å². The van der Waals surface area contributed by atoms with E-state index in [4.69, 9.17) is 0 Å². The van der Waals surface area contributed by atoms with Gasteiger partial charge in [-0.05, 0) is 64.6 Å². The Labute approximate surface area is 312 Å². The number of hydrogen-bond donors (Lipinski definition) is 0. The van der Waals surface area contributed by atoms with Gasteiger partial charge >= 0.3 is 0 Å². The molecule has 0 aliphatic carbocycles. The molecular weight excluding hydrogens is 795 g/mol. The standard InChI is InChI=1S/C28H34N4.C14H12N3.Ir/c1-23(2)25-7-11-27(12-8-25)31-19-17-29(21-31)15-5-6-16-30-18-20-32(22-30)28-13-9-26(10-14-28)24(3)4;1-10-11(2)17-9-8-15-13(14(17)16-10)12-6-4-3-5-7-12;/h7-11,13,17-24H,5-6,15-16H2,1-4H3;3-6,8-9H,1-2H3;/q-4;-1;. The van der Waals surface area contributed by atoms with Crippen LogP contribution in [0.3, 0.4) is 0 Å². The van der Waals surface area contributed by atoms with Crippen LogP contribution < -0.4 is 9.80 Å². The number of anilines is 2. The molecule has 0 unspecified atom stereocenters. The number of aryl methyl sites for hydroxylation is 2. The topological polar surface area (TPSA) is 43.2 Å². The molecule has 0 spiro atoms. The zero-order chi connectivity index (χ0) is 34.3. The number of benzene rings is 3. The molecule has 0 amide bonds. The molecule has 0 N–H and O–H groups in total. The van der Waals surface area contributed by atoms with E-state index in [2.05, 4.69) is 161 Å². The van der Waals surface area contributed by atoms with Crippen molar-refractivity contribution in [1.29, 1.82) is 0 Å². The first-order chi connectivity index (χ1) is 23.8. The molecule has 0 saturated heterocycles. The van der Waals surface area contributed by atoms with Crippen LogP contribution >= 0.6 is 0 Å². The molecule has 263 valence electrons. The Hall–Kier alpha value is -4.39. The molecule has 2 aromatic heterocycles. The Bertz CT molecular complexity index is 1780. The third kappa shape index (κ3) is 8.85. The number of aromatic nitrogens is 3. The maximum atomic E-state index is 4.57. The van der Waals surface area contributed by atoms with Crippen molar-refractivity contribution in [1.82, 2.24) is 24.2 Å². The molecule has 2 aliphatic rings. The average Bonchev–Trinajstić information content (AvgIpc) is 3.87. The van der Waals surface area contributed by atoms with E-state index >= 15 is 0 Å². The minimum absolute atomic E-state index is 0. The quantitative estimate of drug-likeness (QED) is 0.103. The average molecular weight is 841 g/mol. The fourth-order valence-corrected chi connectivity index (χ4v) is 5.76. The van der Waals surface area contributed by atoms with Crippen molar-refractivity contribution in [3.8, 4) is 11.3 Å². The van der Waals surface area contributed by atoms with Crippen molar-refractivity contribution in [2.75, 3.05) is 22.9 Å². The predicted molar refractivity (Wildman–Crippen MR) is 200 cm³/mol. The Morgan fingerprint density at radius 3 is 1.78 bits per heavy atom. The second-order valence-electron chi connectivity index (χ2n) is 13.2. The molecule has 8 heteroatoms. The minimum Gasteiger partial charge on any atom is -0.508 e. The zero-order valence-electron chi connectivity index (χ0n) is 29.8. The minimum atomic E-state index is 0. The van der Waals surface area contributed by atoms with Crippen LogP contribution in [0.1, 0.15) is 74.9 Å². The molecule has 3 aromatic carbocycles. The molecule has 5 aromatic rings. The fourth-order valence-electron chi connectivity index (χ4n) is 5.76. The number of nitrogens with zero attached hydrogens (tertiary/aromatic N) is 7.